The fourth-order valence-corrected chi connectivity index (χ4v) is 1.75. The van der Waals surface area contributed by atoms with Crippen LogP contribution in [0.5, 0.6) is 0 Å². The van der Waals surface area contributed by atoms with Gasteiger partial charge in [0.15, 0.2) is 10.1 Å². The van der Waals surface area contributed by atoms with Gasteiger partial charge in [-0.2, -0.15) is 0 Å². The molecule has 0 aromatic heterocycles. The number of ether oxygens (including phenoxy) is 4. The van der Waals surface area contributed by atoms with Crippen molar-refractivity contribution in [1.29, 1.82) is 0 Å². The molecule has 12 heteroatoms. The van der Waals surface area contributed by atoms with Crippen molar-refractivity contribution in [2.24, 2.45) is 0 Å². The molecule has 0 spiro atoms. The zero-order chi connectivity index (χ0) is 18.1. The molecule has 5 heterocycles. The Morgan fingerprint density at radius 3 is 1.33 bits per heavy atom. The van der Waals surface area contributed by atoms with Crippen LogP contribution in [0, 0.1) is 20.2 Å². The number of hydrogen-bond donors (Lipinski definition) is 0. The molecule has 0 amide bonds. The van der Waals surface area contributed by atoms with Crippen LogP contribution in [-0.2, 0) is 18.9 Å². The summed E-state index contributed by atoms with van der Waals surface area (Å²) in [7, 11) is 0. The van der Waals surface area contributed by atoms with Gasteiger partial charge in [0.1, 0.15) is 0 Å². The zero-order valence-corrected chi connectivity index (χ0v) is 8.05. The lowest BCUT2D eigenvalue weighted by Crippen LogP contribution is -2.69. The van der Waals surface area contributed by atoms with Gasteiger partial charge in [0.2, 0.25) is 37.3 Å². The van der Waals surface area contributed by atoms with Crippen molar-refractivity contribution in [3.8, 4) is 0 Å². The smallest absolute Gasteiger partial charge is 0.243 e. The van der Waals surface area contributed by atoms with Gasteiger partial charge in [-0.1, -0.05) is 10.0 Å². The molecule has 0 saturated carbocycles. The van der Waals surface area contributed by atoms with E-state index in [1.807, 2.05) is 0 Å². The number of rotatable bonds is 2. The van der Waals surface area contributed by atoms with Crippen molar-refractivity contribution in [1.82, 2.24) is 10.0 Å². The van der Waals surface area contributed by atoms with Crippen LogP contribution in [0.25, 0.3) is 0 Å². The van der Waals surface area contributed by atoms with Crippen LogP contribution < -0.4 is 0 Å². The molecule has 4 atom stereocenters. The first-order valence-electron chi connectivity index (χ1n) is 7.41. The molecule has 4 unspecified atom stereocenters. The molecule has 12 nitrogen and oxygen atoms in total. The molecule has 5 saturated heterocycles. The first-order chi connectivity index (χ1) is 10.7. The molecule has 0 aromatic carbocycles. The van der Waals surface area contributed by atoms with E-state index in [4.69, 9.17) is 8.22 Å². The van der Waals surface area contributed by atoms with E-state index in [9.17, 15) is 20.2 Å². The lowest BCUT2D eigenvalue weighted by molar-refractivity contribution is -0.747. The fourth-order valence-electron chi connectivity index (χ4n) is 1.75. The summed E-state index contributed by atoms with van der Waals surface area (Å²) in [6.07, 6.45) is -20.6. The van der Waals surface area contributed by atoms with Gasteiger partial charge in [0.05, 0.1) is 8.22 Å². The average Bonchev–Trinajstić information content (AvgIpc) is 2.63. The standard InChI is InChI=1S/C6H6N4O8/c11-9(12)7-1-2-8(10(13)14)4-3(7)17-6(18-4)5(15-1)16-2/h1-6H/i1D,2D,3D,4D,5D,6D. The van der Waals surface area contributed by atoms with Gasteiger partial charge in [-0.05, 0) is 0 Å². The minimum absolute atomic E-state index is 0.556. The zero-order valence-electron chi connectivity index (χ0n) is 14.1. The Bertz CT molecular complexity index is 621. The highest BCUT2D eigenvalue weighted by Gasteiger charge is 2.72. The average molecular weight is 268 g/mol. The molecule has 5 rings (SSSR count). The van der Waals surface area contributed by atoms with Crippen LogP contribution in [-0.4, -0.2) is 57.4 Å². The maximum atomic E-state index is 11.4. The third kappa shape index (κ3) is 0.989. The van der Waals surface area contributed by atoms with Crippen LogP contribution in [0.3, 0.4) is 0 Å². The Morgan fingerprint density at radius 1 is 0.833 bits per heavy atom. The van der Waals surface area contributed by atoms with Gasteiger partial charge >= 0.3 is 0 Å². The second-order valence-corrected chi connectivity index (χ2v) is 3.30. The largest absolute Gasteiger partial charge is 0.314 e. The molecule has 0 N–H and O–H groups in total. The van der Waals surface area contributed by atoms with E-state index in [1.54, 1.807) is 0 Å². The summed E-state index contributed by atoms with van der Waals surface area (Å²) in [5.74, 6) is 0. The maximum Gasteiger partial charge on any atom is 0.243 e. The van der Waals surface area contributed by atoms with E-state index < -0.39 is 57.4 Å². The summed E-state index contributed by atoms with van der Waals surface area (Å²) >= 11 is 0. The van der Waals surface area contributed by atoms with Gasteiger partial charge in [-0.25, -0.2) is 20.2 Å². The minimum Gasteiger partial charge on any atom is -0.314 e. The molecule has 6 bridgehead atoms. The molecule has 18 heavy (non-hydrogen) atoms. The van der Waals surface area contributed by atoms with Crippen LogP contribution in [0.2, 0.25) is 0 Å². The van der Waals surface area contributed by atoms with Gasteiger partial charge in [0.25, 0.3) is 0 Å². The molecule has 0 aromatic rings. The third-order valence-corrected chi connectivity index (χ3v) is 2.39. The van der Waals surface area contributed by atoms with Crippen LogP contribution in [0.4, 0.5) is 0 Å². The van der Waals surface area contributed by atoms with Crippen molar-refractivity contribution >= 4 is 0 Å². The predicted octanol–water partition coefficient (Wildman–Crippen LogP) is -1.95. The fraction of sp³-hybridized carbons (Fsp3) is 1.00. The summed E-state index contributed by atoms with van der Waals surface area (Å²) in [4.78, 5) is 22.7. The lowest BCUT2D eigenvalue weighted by atomic mass is 10.3. The Balaban J connectivity index is 2.14. The molecule has 98 valence electrons. The molecule has 5 aliphatic rings. The predicted molar refractivity (Wildman–Crippen MR) is 44.7 cm³/mol. The number of hydrazine groups is 2. The molecule has 0 radical (unpaired) electrons. The number of hydrogen-bond acceptors (Lipinski definition) is 8. The first kappa shape index (κ1) is 5.92. The first-order valence-corrected chi connectivity index (χ1v) is 4.41. The minimum atomic E-state index is -3.50. The van der Waals surface area contributed by atoms with Crippen LogP contribution >= 0.6 is 0 Å². The second-order valence-electron chi connectivity index (χ2n) is 3.30. The highest BCUT2D eigenvalue weighted by atomic mass is 16.9. The van der Waals surface area contributed by atoms with E-state index in [0.29, 0.717) is 0 Å². The Kier molecular flexibility index (Phi) is 0.978. The number of nitro groups is 2. The summed E-state index contributed by atoms with van der Waals surface area (Å²) in [5, 5.41) is 18.7. The number of nitrogens with zero attached hydrogens (tertiary/aromatic N) is 4. The van der Waals surface area contributed by atoms with E-state index in [0.717, 1.165) is 0 Å². The highest BCUT2D eigenvalue weighted by Crippen LogP contribution is 2.45. The van der Waals surface area contributed by atoms with Crippen LogP contribution in [0.1, 0.15) is 8.22 Å². The Labute approximate surface area is 106 Å². The Morgan fingerprint density at radius 2 is 1.11 bits per heavy atom. The monoisotopic (exact) mass is 268 g/mol. The second kappa shape index (κ2) is 2.97. The highest BCUT2D eigenvalue weighted by molar-refractivity contribution is 4.92. The molecule has 0 aliphatic carbocycles. The van der Waals surface area contributed by atoms with E-state index >= 15 is 0 Å². The number of piperazine rings is 1. The topological polar surface area (TPSA) is 130 Å². The van der Waals surface area contributed by atoms with Gasteiger partial charge in [-0.3, -0.25) is 0 Å². The van der Waals surface area contributed by atoms with Crippen molar-refractivity contribution in [3.05, 3.63) is 20.2 Å². The lowest BCUT2D eigenvalue weighted by Gasteiger charge is -2.37. The molecular formula is C6H6N4O8. The summed E-state index contributed by atoms with van der Waals surface area (Å²) < 4.78 is 66.6. The summed E-state index contributed by atoms with van der Waals surface area (Å²) in [5.41, 5.74) is 0. The van der Waals surface area contributed by atoms with Crippen molar-refractivity contribution < 1.29 is 37.2 Å². The SMILES string of the molecule is [2H]C12OC3([2H])N([N+](=O)[O-])C4([2H])OC1([2H])OC4([2H])N([N+](=O)[O-])C3([2H])O2. The molecular weight excluding hydrogens is 256 g/mol. The summed E-state index contributed by atoms with van der Waals surface area (Å²) in [6, 6.07) is 0. The third-order valence-electron chi connectivity index (χ3n) is 2.39. The quantitative estimate of drug-likeness (QED) is 0.411. The Hall–Kier alpha value is -1.76. The van der Waals surface area contributed by atoms with Crippen molar-refractivity contribution in [3.63, 3.8) is 0 Å². The van der Waals surface area contributed by atoms with E-state index in [2.05, 4.69) is 18.9 Å². The van der Waals surface area contributed by atoms with Gasteiger partial charge < -0.3 is 18.9 Å². The van der Waals surface area contributed by atoms with Gasteiger partial charge in [-0.15, -0.1) is 0 Å². The maximum absolute atomic E-state index is 11.4. The van der Waals surface area contributed by atoms with Crippen molar-refractivity contribution in [2.45, 2.75) is 37.3 Å². The summed E-state index contributed by atoms with van der Waals surface area (Å²) in [6.45, 7) is 0. The van der Waals surface area contributed by atoms with E-state index in [-0.39, 0.29) is 0 Å². The van der Waals surface area contributed by atoms with Crippen molar-refractivity contribution in [2.75, 3.05) is 0 Å². The normalized spacial score (nSPS) is 77.1. The van der Waals surface area contributed by atoms with E-state index in [1.165, 1.54) is 0 Å². The van der Waals surface area contributed by atoms with Crippen LogP contribution in [0.15, 0.2) is 0 Å². The molecule has 5 aliphatic heterocycles. The van der Waals surface area contributed by atoms with Gasteiger partial charge in [0, 0.05) is 0 Å². The molecule has 5 fully saturated rings.